The second-order valence-electron chi connectivity index (χ2n) is 4.65. The largest absolute Gasteiger partial charge is 0.316 e. The summed E-state index contributed by atoms with van der Waals surface area (Å²) in [6.45, 7) is 6.18. The highest BCUT2D eigenvalue weighted by atomic mass is 19.1. The van der Waals surface area contributed by atoms with Crippen molar-refractivity contribution in [3.05, 3.63) is 18.0 Å². The number of rotatable bonds is 3. The molecule has 2 rings (SSSR count). The maximum Gasteiger partial charge on any atom is 0.153 e. The first-order chi connectivity index (χ1) is 7.66. The van der Waals surface area contributed by atoms with E-state index in [4.69, 9.17) is 0 Å². The second-order valence-corrected chi connectivity index (χ2v) is 4.65. The Hall–Kier alpha value is -0.900. The summed E-state index contributed by atoms with van der Waals surface area (Å²) < 4.78 is 16.6. The Labute approximate surface area is 96.0 Å². The summed E-state index contributed by atoms with van der Waals surface area (Å²) in [5, 5.41) is 7.42. The van der Waals surface area contributed by atoms with E-state index in [-0.39, 0.29) is 5.92 Å². The smallest absolute Gasteiger partial charge is 0.153 e. The quantitative estimate of drug-likeness (QED) is 0.853. The van der Waals surface area contributed by atoms with E-state index in [1.165, 1.54) is 0 Å². The maximum absolute atomic E-state index is 14.9. The van der Waals surface area contributed by atoms with Crippen molar-refractivity contribution in [3.8, 4) is 0 Å². The van der Waals surface area contributed by atoms with Crippen LogP contribution in [0.25, 0.3) is 0 Å². The van der Waals surface area contributed by atoms with Crippen molar-refractivity contribution >= 4 is 0 Å². The Morgan fingerprint density at radius 3 is 3.12 bits per heavy atom. The minimum atomic E-state index is -1.28. The van der Waals surface area contributed by atoms with E-state index in [2.05, 4.69) is 10.4 Å². The molecule has 0 radical (unpaired) electrons. The molecule has 1 saturated heterocycles. The molecule has 16 heavy (non-hydrogen) atoms. The lowest BCUT2D eigenvalue weighted by Gasteiger charge is -2.34. The highest BCUT2D eigenvalue weighted by molar-refractivity contribution is 5.13. The number of aryl methyl sites for hydroxylation is 1. The van der Waals surface area contributed by atoms with Crippen molar-refractivity contribution < 1.29 is 4.39 Å². The highest BCUT2D eigenvalue weighted by Crippen LogP contribution is 2.37. The molecule has 4 heteroatoms. The van der Waals surface area contributed by atoms with Crippen molar-refractivity contribution in [1.82, 2.24) is 15.1 Å². The molecule has 2 heterocycles. The molecule has 0 aromatic carbocycles. The van der Waals surface area contributed by atoms with Crippen molar-refractivity contribution in [2.75, 3.05) is 13.1 Å². The molecule has 1 N–H and O–H groups in total. The van der Waals surface area contributed by atoms with Gasteiger partial charge in [-0.1, -0.05) is 0 Å². The predicted octanol–water partition coefficient (Wildman–Crippen LogP) is 2.09. The normalized spacial score (nSPS) is 25.3. The van der Waals surface area contributed by atoms with Crippen LogP contribution < -0.4 is 5.32 Å². The molecule has 3 nitrogen and oxygen atoms in total. The lowest BCUT2D eigenvalue weighted by Crippen LogP contribution is -2.41. The standard InChI is InChI=1S/C12H20FN3/c1-3-16-11(6-8-15-16)12(2,13)10-5-4-7-14-9-10/h6,8,10,14H,3-5,7,9H2,1-2H3. The lowest BCUT2D eigenvalue weighted by molar-refractivity contribution is 0.0714. The van der Waals surface area contributed by atoms with Gasteiger partial charge in [0.25, 0.3) is 0 Å². The zero-order chi connectivity index (χ0) is 11.6. The second kappa shape index (κ2) is 4.53. The molecule has 90 valence electrons. The van der Waals surface area contributed by atoms with Gasteiger partial charge in [0, 0.05) is 25.2 Å². The minimum Gasteiger partial charge on any atom is -0.316 e. The fourth-order valence-electron chi connectivity index (χ4n) is 2.52. The van der Waals surface area contributed by atoms with Gasteiger partial charge in [-0.3, -0.25) is 4.68 Å². The molecule has 2 unspecified atom stereocenters. The van der Waals surface area contributed by atoms with Crippen molar-refractivity contribution in [2.45, 2.75) is 38.9 Å². The zero-order valence-corrected chi connectivity index (χ0v) is 10.0. The zero-order valence-electron chi connectivity index (χ0n) is 10.0. The average molecular weight is 225 g/mol. The minimum absolute atomic E-state index is 0.0586. The summed E-state index contributed by atoms with van der Waals surface area (Å²) in [5.41, 5.74) is -0.566. The van der Waals surface area contributed by atoms with E-state index in [1.807, 2.05) is 6.92 Å². The average Bonchev–Trinajstić information content (AvgIpc) is 2.79. The van der Waals surface area contributed by atoms with E-state index in [1.54, 1.807) is 23.9 Å². The Kier molecular flexibility index (Phi) is 3.28. The van der Waals surface area contributed by atoms with E-state index in [0.29, 0.717) is 5.69 Å². The number of nitrogens with zero attached hydrogens (tertiary/aromatic N) is 2. The number of piperidine rings is 1. The molecule has 1 aromatic rings. The van der Waals surface area contributed by atoms with Crippen LogP contribution in [-0.2, 0) is 12.2 Å². The molecule has 1 fully saturated rings. The van der Waals surface area contributed by atoms with Crippen LogP contribution in [0, 0.1) is 5.92 Å². The van der Waals surface area contributed by atoms with Crippen molar-refractivity contribution in [2.24, 2.45) is 5.92 Å². The first kappa shape index (κ1) is 11.6. The van der Waals surface area contributed by atoms with Gasteiger partial charge in [0.2, 0.25) is 0 Å². The molecule has 0 saturated carbocycles. The monoisotopic (exact) mass is 225 g/mol. The third kappa shape index (κ3) is 1.98. The van der Waals surface area contributed by atoms with Gasteiger partial charge in [0.15, 0.2) is 5.67 Å². The fraction of sp³-hybridized carbons (Fsp3) is 0.750. The number of halogens is 1. The van der Waals surface area contributed by atoms with Crippen LogP contribution in [-0.4, -0.2) is 22.9 Å². The number of hydrogen-bond donors (Lipinski definition) is 1. The van der Waals surface area contributed by atoms with Crippen LogP contribution in [0.3, 0.4) is 0 Å². The van der Waals surface area contributed by atoms with E-state index >= 15 is 0 Å². The summed E-state index contributed by atoms with van der Waals surface area (Å²) in [7, 11) is 0. The van der Waals surface area contributed by atoms with E-state index in [9.17, 15) is 4.39 Å². The first-order valence-electron chi connectivity index (χ1n) is 6.08. The molecule has 0 bridgehead atoms. The molecule has 0 aliphatic carbocycles. The molecule has 1 aliphatic heterocycles. The summed E-state index contributed by atoms with van der Waals surface area (Å²) in [4.78, 5) is 0. The third-order valence-corrected chi connectivity index (χ3v) is 3.58. The molecular formula is C12H20FN3. The van der Waals surface area contributed by atoms with Crippen LogP contribution in [0.1, 0.15) is 32.4 Å². The van der Waals surface area contributed by atoms with Crippen LogP contribution in [0.15, 0.2) is 12.3 Å². The Balaban J connectivity index is 2.22. The maximum atomic E-state index is 14.9. The number of aromatic nitrogens is 2. The molecular weight excluding hydrogens is 205 g/mol. The molecule has 0 spiro atoms. The lowest BCUT2D eigenvalue weighted by atomic mass is 9.82. The summed E-state index contributed by atoms with van der Waals surface area (Å²) >= 11 is 0. The summed E-state index contributed by atoms with van der Waals surface area (Å²) in [6.07, 6.45) is 3.70. The SMILES string of the molecule is CCn1nccc1C(C)(F)C1CCCNC1. The first-order valence-corrected chi connectivity index (χ1v) is 6.08. The van der Waals surface area contributed by atoms with Crippen LogP contribution in [0.4, 0.5) is 4.39 Å². The van der Waals surface area contributed by atoms with Crippen LogP contribution >= 0.6 is 0 Å². The van der Waals surface area contributed by atoms with Gasteiger partial charge in [-0.05, 0) is 39.3 Å². The van der Waals surface area contributed by atoms with Crippen LogP contribution in [0.2, 0.25) is 0 Å². The number of nitrogens with one attached hydrogen (secondary N) is 1. The van der Waals surface area contributed by atoms with Gasteiger partial charge in [0.05, 0.1) is 5.69 Å². The predicted molar refractivity (Wildman–Crippen MR) is 62.0 cm³/mol. The van der Waals surface area contributed by atoms with Gasteiger partial charge in [-0.15, -0.1) is 0 Å². The molecule has 2 atom stereocenters. The Bertz CT molecular complexity index is 340. The van der Waals surface area contributed by atoms with Crippen LogP contribution in [0.5, 0.6) is 0 Å². The van der Waals surface area contributed by atoms with Crippen molar-refractivity contribution in [1.29, 1.82) is 0 Å². The topological polar surface area (TPSA) is 29.9 Å². The highest BCUT2D eigenvalue weighted by Gasteiger charge is 2.38. The fourth-order valence-corrected chi connectivity index (χ4v) is 2.52. The number of alkyl halides is 1. The Morgan fingerprint density at radius 1 is 1.69 bits per heavy atom. The van der Waals surface area contributed by atoms with Crippen molar-refractivity contribution in [3.63, 3.8) is 0 Å². The van der Waals surface area contributed by atoms with Gasteiger partial charge in [-0.2, -0.15) is 5.10 Å². The molecule has 0 amide bonds. The number of hydrogen-bond acceptors (Lipinski definition) is 2. The van der Waals surface area contributed by atoms with Gasteiger partial charge >= 0.3 is 0 Å². The summed E-state index contributed by atoms with van der Waals surface area (Å²) in [6, 6.07) is 1.80. The molecule has 1 aromatic heterocycles. The molecule has 1 aliphatic rings. The third-order valence-electron chi connectivity index (χ3n) is 3.58. The van der Waals surface area contributed by atoms with E-state index < -0.39 is 5.67 Å². The Morgan fingerprint density at radius 2 is 2.50 bits per heavy atom. The van der Waals surface area contributed by atoms with E-state index in [0.717, 1.165) is 32.5 Å². The summed E-state index contributed by atoms with van der Waals surface area (Å²) in [5.74, 6) is 0.0586. The van der Waals surface area contributed by atoms with Gasteiger partial charge in [0.1, 0.15) is 0 Å². The van der Waals surface area contributed by atoms with Gasteiger partial charge in [-0.25, -0.2) is 4.39 Å². The van der Waals surface area contributed by atoms with Gasteiger partial charge < -0.3 is 5.32 Å².